The fourth-order valence-electron chi connectivity index (χ4n) is 7.37. The predicted molar refractivity (Wildman–Crippen MR) is 263 cm³/mol. The molecule has 0 spiro atoms. The molecule has 5 N–H and O–H groups in total. The SMILES string of the molecule is O=C(Nc1ccc(Nc2ccnc(-c3ccc4c(Nc5ccc(C(=O)Nc6ccc(Oc7ccncc7)cc6)cc5)ccnc4c3)c2)cc1)c1ccc(Nc2ccnc3ccccc23)cc1. The van der Waals surface area contributed by atoms with Gasteiger partial charge in [0, 0.05) is 104 Å². The normalized spacial score (nSPS) is 10.8. The van der Waals surface area contributed by atoms with Crippen molar-refractivity contribution in [1.29, 1.82) is 0 Å². The molecule has 12 heteroatoms. The van der Waals surface area contributed by atoms with E-state index in [0.29, 0.717) is 34.0 Å². The molecule has 0 unspecified atom stereocenters. The fourth-order valence-corrected chi connectivity index (χ4v) is 7.37. The number of amides is 2. The predicted octanol–water partition coefficient (Wildman–Crippen LogP) is 12.8. The first-order chi connectivity index (χ1) is 32.5. The zero-order chi connectivity index (χ0) is 44.7. The molecule has 0 fully saturated rings. The van der Waals surface area contributed by atoms with Crippen molar-refractivity contribution in [1.82, 2.24) is 19.9 Å². The lowest BCUT2D eigenvalue weighted by Gasteiger charge is -2.12. The van der Waals surface area contributed by atoms with Gasteiger partial charge in [-0.3, -0.25) is 29.5 Å². The molecule has 4 aromatic heterocycles. The van der Waals surface area contributed by atoms with Crippen LogP contribution in [0.3, 0.4) is 0 Å². The number of fused-ring (bicyclic) bond motifs is 2. The molecule has 318 valence electrons. The molecule has 0 saturated carbocycles. The second-order valence-corrected chi connectivity index (χ2v) is 15.2. The fraction of sp³-hybridized carbons (Fsp3) is 0. The van der Waals surface area contributed by atoms with E-state index in [4.69, 9.17) is 4.74 Å². The molecule has 0 saturated heterocycles. The van der Waals surface area contributed by atoms with Gasteiger partial charge in [-0.1, -0.05) is 30.3 Å². The number of carbonyl (C=O) groups excluding carboxylic acids is 2. The van der Waals surface area contributed by atoms with Crippen LogP contribution in [0.4, 0.5) is 45.5 Å². The lowest BCUT2D eigenvalue weighted by Crippen LogP contribution is -2.11. The number of hydrogen-bond acceptors (Lipinski definition) is 10. The Morgan fingerprint density at radius 1 is 0.394 bits per heavy atom. The molecule has 0 aliphatic carbocycles. The van der Waals surface area contributed by atoms with Gasteiger partial charge in [-0.25, -0.2) is 0 Å². The zero-order valence-electron chi connectivity index (χ0n) is 35.1. The van der Waals surface area contributed by atoms with Crippen molar-refractivity contribution < 1.29 is 14.3 Å². The van der Waals surface area contributed by atoms with Crippen molar-refractivity contribution in [3.63, 3.8) is 0 Å². The Labute approximate surface area is 379 Å². The van der Waals surface area contributed by atoms with Crippen molar-refractivity contribution in [2.45, 2.75) is 0 Å². The summed E-state index contributed by atoms with van der Waals surface area (Å²) in [7, 11) is 0. The minimum absolute atomic E-state index is 0.202. The third kappa shape index (κ3) is 9.48. The van der Waals surface area contributed by atoms with E-state index in [-0.39, 0.29) is 11.8 Å². The molecule has 2 amide bonds. The van der Waals surface area contributed by atoms with E-state index in [0.717, 1.165) is 67.2 Å². The van der Waals surface area contributed by atoms with Crippen LogP contribution in [0, 0.1) is 0 Å². The molecule has 10 aromatic rings. The maximum absolute atomic E-state index is 13.1. The summed E-state index contributed by atoms with van der Waals surface area (Å²) < 4.78 is 5.82. The summed E-state index contributed by atoms with van der Waals surface area (Å²) in [6.07, 6.45) is 8.64. The Kier molecular flexibility index (Phi) is 11.4. The van der Waals surface area contributed by atoms with Crippen LogP contribution in [0.25, 0.3) is 33.1 Å². The third-order valence-corrected chi connectivity index (χ3v) is 10.7. The van der Waals surface area contributed by atoms with Gasteiger partial charge in [0.15, 0.2) is 0 Å². The number of aromatic nitrogens is 4. The summed E-state index contributed by atoms with van der Waals surface area (Å²) in [5.41, 5.74) is 11.0. The first-order valence-corrected chi connectivity index (χ1v) is 21.1. The summed E-state index contributed by atoms with van der Waals surface area (Å²) >= 11 is 0. The van der Waals surface area contributed by atoms with E-state index in [1.165, 1.54) is 0 Å². The van der Waals surface area contributed by atoms with Crippen LogP contribution in [-0.4, -0.2) is 31.8 Å². The van der Waals surface area contributed by atoms with Crippen molar-refractivity contribution >= 4 is 79.1 Å². The Hall–Kier alpha value is -9.42. The number of nitrogens with one attached hydrogen (secondary N) is 5. The maximum Gasteiger partial charge on any atom is 0.255 e. The topological polar surface area (TPSA) is 155 Å². The van der Waals surface area contributed by atoms with Gasteiger partial charge in [0.25, 0.3) is 11.8 Å². The van der Waals surface area contributed by atoms with Gasteiger partial charge in [-0.2, -0.15) is 0 Å². The monoisotopic (exact) mass is 861 g/mol. The van der Waals surface area contributed by atoms with Crippen LogP contribution in [0.2, 0.25) is 0 Å². The van der Waals surface area contributed by atoms with Gasteiger partial charge in [0.05, 0.1) is 16.7 Å². The number of nitrogens with zero attached hydrogens (tertiary/aromatic N) is 4. The smallest absolute Gasteiger partial charge is 0.255 e. The van der Waals surface area contributed by atoms with E-state index >= 15 is 0 Å². The number of rotatable bonds is 13. The third-order valence-electron chi connectivity index (χ3n) is 10.7. The Morgan fingerprint density at radius 3 is 1.56 bits per heavy atom. The van der Waals surface area contributed by atoms with E-state index in [1.54, 1.807) is 91.6 Å². The summed E-state index contributed by atoms with van der Waals surface area (Å²) in [6.45, 7) is 0. The minimum atomic E-state index is -0.221. The summed E-state index contributed by atoms with van der Waals surface area (Å²) in [5.74, 6) is 0.916. The van der Waals surface area contributed by atoms with Gasteiger partial charge in [0.2, 0.25) is 0 Å². The number of pyridine rings is 4. The zero-order valence-corrected chi connectivity index (χ0v) is 35.1. The summed E-state index contributed by atoms with van der Waals surface area (Å²) in [5, 5.41) is 18.2. The molecular weight excluding hydrogens is 823 g/mol. The maximum atomic E-state index is 13.1. The van der Waals surface area contributed by atoms with Crippen LogP contribution < -0.4 is 31.3 Å². The van der Waals surface area contributed by atoms with E-state index in [9.17, 15) is 9.59 Å². The second kappa shape index (κ2) is 18.5. The standard InChI is InChI=1S/C54H39N9O3/c64-53(35-5-10-39(11-6-35)60-49-26-31-56-48-4-2-1-3-46(48)49)62-41-16-14-38(15-17-41)59-43-23-30-57-51(34-43)37-9-22-47-50(27-32-58-52(47)33-37)61-40-12-7-36(8-13-40)54(65)63-42-18-20-44(21-19-42)66-45-24-28-55-29-25-45/h1-34H,(H,56,60)(H,57,59)(H,58,61)(H,62,64)(H,63,65). The van der Waals surface area contributed by atoms with Crippen LogP contribution >= 0.6 is 0 Å². The van der Waals surface area contributed by atoms with Crippen LogP contribution in [0.5, 0.6) is 11.5 Å². The van der Waals surface area contributed by atoms with Gasteiger partial charge in [0.1, 0.15) is 11.5 Å². The Balaban J connectivity index is 0.739. The molecular formula is C54H39N9O3. The van der Waals surface area contributed by atoms with Crippen molar-refractivity contribution in [2.24, 2.45) is 0 Å². The molecule has 6 aromatic carbocycles. The number of anilines is 8. The van der Waals surface area contributed by atoms with Gasteiger partial charge in [-0.15, -0.1) is 0 Å². The number of carbonyl (C=O) groups is 2. The average molecular weight is 862 g/mol. The first kappa shape index (κ1) is 40.6. The molecule has 0 atom stereocenters. The van der Waals surface area contributed by atoms with Crippen molar-refractivity contribution in [2.75, 3.05) is 26.6 Å². The quantitative estimate of drug-likeness (QED) is 0.0756. The van der Waals surface area contributed by atoms with Crippen LogP contribution in [0.15, 0.2) is 207 Å². The lowest BCUT2D eigenvalue weighted by molar-refractivity contribution is 0.101. The molecule has 10 rings (SSSR count). The van der Waals surface area contributed by atoms with E-state index < -0.39 is 0 Å². The number of para-hydroxylation sites is 1. The highest BCUT2D eigenvalue weighted by Crippen LogP contribution is 2.31. The van der Waals surface area contributed by atoms with Gasteiger partial charge < -0.3 is 31.3 Å². The summed E-state index contributed by atoms with van der Waals surface area (Å²) in [6, 6.07) is 54.8. The highest BCUT2D eigenvalue weighted by atomic mass is 16.5. The van der Waals surface area contributed by atoms with Crippen LogP contribution in [-0.2, 0) is 0 Å². The Bertz CT molecular complexity index is 3330. The van der Waals surface area contributed by atoms with Crippen molar-refractivity contribution in [3.05, 3.63) is 218 Å². The largest absolute Gasteiger partial charge is 0.457 e. The molecule has 12 nitrogen and oxygen atoms in total. The van der Waals surface area contributed by atoms with E-state index in [2.05, 4.69) is 46.5 Å². The number of ether oxygens (including phenoxy) is 1. The molecule has 66 heavy (non-hydrogen) atoms. The highest BCUT2D eigenvalue weighted by molar-refractivity contribution is 6.05. The number of benzene rings is 6. The lowest BCUT2D eigenvalue weighted by atomic mass is 10.1. The molecule has 0 bridgehead atoms. The first-order valence-electron chi connectivity index (χ1n) is 21.1. The second-order valence-electron chi connectivity index (χ2n) is 15.2. The summed E-state index contributed by atoms with van der Waals surface area (Å²) in [4.78, 5) is 43.9. The molecule has 0 radical (unpaired) electrons. The molecule has 4 heterocycles. The van der Waals surface area contributed by atoms with E-state index in [1.807, 2.05) is 115 Å². The Morgan fingerprint density at radius 2 is 0.909 bits per heavy atom. The van der Waals surface area contributed by atoms with Crippen LogP contribution in [0.1, 0.15) is 20.7 Å². The number of hydrogen-bond donors (Lipinski definition) is 5. The van der Waals surface area contributed by atoms with Gasteiger partial charge in [-0.05, 0) is 146 Å². The highest BCUT2D eigenvalue weighted by Gasteiger charge is 2.12. The molecule has 0 aliphatic heterocycles. The van der Waals surface area contributed by atoms with Gasteiger partial charge >= 0.3 is 0 Å². The molecule has 0 aliphatic rings. The minimum Gasteiger partial charge on any atom is -0.457 e. The average Bonchev–Trinajstić information content (AvgIpc) is 3.36. The van der Waals surface area contributed by atoms with Crippen molar-refractivity contribution in [3.8, 4) is 22.8 Å².